The highest BCUT2D eigenvalue weighted by Gasteiger charge is 2.19. The van der Waals surface area contributed by atoms with Crippen molar-refractivity contribution in [1.82, 2.24) is 19.1 Å². The summed E-state index contributed by atoms with van der Waals surface area (Å²) in [7, 11) is 0. The van der Waals surface area contributed by atoms with Gasteiger partial charge in [-0.05, 0) is 87.9 Å². The van der Waals surface area contributed by atoms with Crippen LogP contribution < -0.4 is 0 Å². The van der Waals surface area contributed by atoms with E-state index in [1.807, 2.05) is 6.20 Å². The number of aromatic nitrogens is 4. The van der Waals surface area contributed by atoms with Crippen molar-refractivity contribution >= 4 is 96.9 Å². The molecule has 4 heterocycles. The van der Waals surface area contributed by atoms with Crippen LogP contribution in [0.15, 0.2) is 194 Å². The van der Waals surface area contributed by atoms with Crippen molar-refractivity contribution in [2.24, 2.45) is 0 Å². The average molecular weight is 769 g/mol. The number of rotatable bonds is 4. The molecule has 0 fully saturated rings. The first-order valence-electron chi connectivity index (χ1n) is 20.0. The smallest absolute Gasteiger partial charge is 0.143 e. The Balaban J connectivity index is 0.952. The van der Waals surface area contributed by atoms with Crippen molar-refractivity contribution in [2.75, 3.05) is 0 Å². The van der Waals surface area contributed by atoms with E-state index < -0.39 is 0 Å². The number of thiophene rings is 1. The van der Waals surface area contributed by atoms with Crippen LogP contribution in [0.1, 0.15) is 0 Å². The third-order valence-electron chi connectivity index (χ3n) is 12.2. The summed E-state index contributed by atoms with van der Waals surface area (Å²) < 4.78 is 6.00. The van der Waals surface area contributed by atoms with Crippen LogP contribution in [0.5, 0.6) is 0 Å². The second-order valence-corrected chi connectivity index (χ2v) is 16.4. The van der Waals surface area contributed by atoms with Crippen molar-refractivity contribution in [2.45, 2.75) is 0 Å². The van der Waals surface area contributed by atoms with Gasteiger partial charge in [-0.15, -0.1) is 11.3 Å². The Morgan fingerprint density at radius 2 is 0.898 bits per heavy atom. The maximum absolute atomic E-state index is 5.38. The predicted molar refractivity (Wildman–Crippen MR) is 249 cm³/mol. The van der Waals surface area contributed by atoms with Crippen LogP contribution in [-0.2, 0) is 0 Å². The van der Waals surface area contributed by atoms with E-state index in [-0.39, 0.29) is 0 Å². The first-order valence-corrected chi connectivity index (χ1v) is 20.8. The highest BCUT2D eigenvalue weighted by Crippen LogP contribution is 2.44. The number of fused-ring (bicyclic) bond motifs is 14. The SMILES string of the molecule is c1ccc(-n2c3ccccc3c3cc(-c4ccc5c(c4)c4ccccc4n5-c4cccc(-c5cnc6sc7c8ccccc8c8ccccc8c7c6n5)c4)ccc32)cc1. The fourth-order valence-electron chi connectivity index (χ4n) is 9.54. The van der Waals surface area contributed by atoms with Gasteiger partial charge in [0.2, 0.25) is 0 Å². The van der Waals surface area contributed by atoms with Gasteiger partial charge in [-0.2, -0.15) is 0 Å². The lowest BCUT2D eigenvalue weighted by Gasteiger charge is -2.11. The molecule has 13 aromatic rings. The van der Waals surface area contributed by atoms with Gasteiger partial charge in [0.1, 0.15) is 10.3 Å². The summed E-state index contributed by atoms with van der Waals surface area (Å²) in [6.07, 6.45) is 1.94. The first-order chi connectivity index (χ1) is 29.3. The number of benzene rings is 9. The van der Waals surface area contributed by atoms with Gasteiger partial charge in [0.15, 0.2) is 0 Å². The fraction of sp³-hybridized carbons (Fsp3) is 0. The molecule has 0 aliphatic carbocycles. The van der Waals surface area contributed by atoms with E-state index >= 15 is 0 Å². The number of hydrogen-bond donors (Lipinski definition) is 0. The third-order valence-corrected chi connectivity index (χ3v) is 13.3. The van der Waals surface area contributed by atoms with Crippen LogP contribution in [0.25, 0.3) is 119 Å². The predicted octanol–water partition coefficient (Wildman–Crippen LogP) is 14.7. The monoisotopic (exact) mass is 768 g/mol. The molecule has 0 saturated carbocycles. The van der Waals surface area contributed by atoms with E-state index in [1.165, 1.54) is 86.5 Å². The molecule has 0 radical (unpaired) electrons. The molecule has 9 aromatic carbocycles. The third kappa shape index (κ3) is 4.77. The normalized spacial score (nSPS) is 12.1. The molecule has 0 atom stereocenters. The zero-order valence-corrected chi connectivity index (χ0v) is 32.5. The Morgan fingerprint density at radius 3 is 1.58 bits per heavy atom. The molecule has 59 heavy (non-hydrogen) atoms. The Labute approximate surface area is 342 Å². The molecule has 0 aliphatic rings. The van der Waals surface area contributed by atoms with E-state index in [2.05, 4.69) is 197 Å². The average Bonchev–Trinajstić information content (AvgIpc) is 3.97. The van der Waals surface area contributed by atoms with E-state index in [1.54, 1.807) is 11.3 Å². The fourth-order valence-corrected chi connectivity index (χ4v) is 10.7. The number of para-hydroxylation sites is 3. The summed E-state index contributed by atoms with van der Waals surface area (Å²) in [5.41, 5.74) is 12.3. The summed E-state index contributed by atoms with van der Waals surface area (Å²) >= 11 is 1.74. The van der Waals surface area contributed by atoms with Gasteiger partial charge in [0.25, 0.3) is 0 Å². The lowest BCUT2D eigenvalue weighted by atomic mass is 9.98. The Hall–Kier alpha value is -7.60. The standard InChI is InChI=1S/C54H32N4S/c1-2-14-36(15-3-1)57-47-23-10-8-19-40(47)44-30-33(25-27-49(44)57)34-26-28-50-45(31-34)41-20-9-11-24-48(41)58(50)37-16-12-13-35(29-37)46-32-55-54-52(56-46)51-42-21-6-4-17-38(42)39-18-5-7-22-43(39)53(51)59-54/h1-32H. The highest BCUT2D eigenvalue weighted by atomic mass is 32.1. The van der Waals surface area contributed by atoms with Gasteiger partial charge >= 0.3 is 0 Å². The van der Waals surface area contributed by atoms with Crippen LogP contribution >= 0.6 is 11.3 Å². The first kappa shape index (κ1) is 32.5. The highest BCUT2D eigenvalue weighted by molar-refractivity contribution is 7.26. The molecule has 5 heteroatoms. The molecule has 4 aromatic heterocycles. The summed E-state index contributed by atoms with van der Waals surface area (Å²) in [6, 6.07) is 68.1. The molecule has 0 saturated heterocycles. The molecule has 274 valence electrons. The van der Waals surface area contributed by atoms with Gasteiger partial charge in [-0.25, -0.2) is 9.97 Å². The minimum Gasteiger partial charge on any atom is -0.309 e. The number of hydrogen-bond acceptors (Lipinski definition) is 3. The molecule has 0 amide bonds. The van der Waals surface area contributed by atoms with Crippen LogP contribution in [0.2, 0.25) is 0 Å². The van der Waals surface area contributed by atoms with E-state index in [4.69, 9.17) is 9.97 Å². The minimum atomic E-state index is 0.864. The van der Waals surface area contributed by atoms with Gasteiger partial charge < -0.3 is 9.13 Å². The van der Waals surface area contributed by atoms with Crippen molar-refractivity contribution in [3.05, 3.63) is 194 Å². The summed E-state index contributed by atoms with van der Waals surface area (Å²) in [5.74, 6) is 0. The summed E-state index contributed by atoms with van der Waals surface area (Å²) in [5, 5.41) is 11.1. The maximum atomic E-state index is 5.38. The number of nitrogens with zero attached hydrogens (tertiary/aromatic N) is 4. The minimum absolute atomic E-state index is 0.864. The van der Waals surface area contributed by atoms with Crippen molar-refractivity contribution < 1.29 is 0 Å². The Morgan fingerprint density at radius 1 is 0.373 bits per heavy atom. The topological polar surface area (TPSA) is 35.6 Å². The van der Waals surface area contributed by atoms with E-state index in [0.717, 1.165) is 32.8 Å². The lowest BCUT2D eigenvalue weighted by Crippen LogP contribution is -1.95. The second kappa shape index (κ2) is 12.4. The zero-order valence-electron chi connectivity index (χ0n) is 31.7. The van der Waals surface area contributed by atoms with E-state index in [0.29, 0.717) is 0 Å². The molecular weight excluding hydrogens is 737 g/mol. The maximum Gasteiger partial charge on any atom is 0.143 e. The zero-order chi connectivity index (χ0) is 38.6. The van der Waals surface area contributed by atoms with Crippen LogP contribution in [0.3, 0.4) is 0 Å². The van der Waals surface area contributed by atoms with Crippen molar-refractivity contribution in [3.8, 4) is 33.8 Å². The molecule has 13 rings (SSSR count). The Kier molecular flexibility index (Phi) is 6.85. The molecule has 4 nitrogen and oxygen atoms in total. The molecule has 0 aliphatic heterocycles. The molecular formula is C54H32N4S. The van der Waals surface area contributed by atoms with Gasteiger partial charge in [0, 0.05) is 54.0 Å². The largest absolute Gasteiger partial charge is 0.309 e. The van der Waals surface area contributed by atoms with Crippen LogP contribution in [0.4, 0.5) is 0 Å². The van der Waals surface area contributed by atoms with Crippen molar-refractivity contribution in [1.29, 1.82) is 0 Å². The summed E-state index contributed by atoms with van der Waals surface area (Å²) in [6.45, 7) is 0. The molecule has 0 spiro atoms. The second-order valence-electron chi connectivity index (χ2n) is 15.4. The van der Waals surface area contributed by atoms with Gasteiger partial charge in [0.05, 0.1) is 34.0 Å². The van der Waals surface area contributed by atoms with E-state index in [9.17, 15) is 0 Å². The van der Waals surface area contributed by atoms with Crippen molar-refractivity contribution in [3.63, 3.8) is 0 Å². The van der Waals surface area contributed by atoms with Crippen LogP contribution in [0, 0.1) is 0 Å². The van der Waals surface area contributed by atoms with Gasteiger partial charge in [-0.1, -0.05) is 127 Å². The summed E-state index contributed by atoms with van der Waals surface area (Å²) in [4.78, 5) is 11.4. The molecule has 0 unspecified atom stereocenters. The Bertz CT molecular complexity index is 3850. The lowest BCUT2D eigenvalue weighted by molar-refractivity contribution is 1.18. The molecule has 0 bridgehead atoms. The molecule has 0 N–H and O–H groups in total. The van der Waals surface area contributed by atoms with Gasteiger partial charge in [-0.3, -0.25) is 0 Å². The van der Waals surface area contributed by atoms with Crippen LogP contribution in [-0.4, -0.2) is 19.1 Å². The quantitative estimate of drug-likeness (QED) is 0.167.